The van der Waals surface area contributed by atoms with Crippen molar-refractivity contribution in [2.45, 2.75) is 176 Å². The molecule has 14 atom stereocenters. The minimum atomic E-state index is -0.154. The SMILES string of the molecule is CC(=O)O[C@H]1CC[C@@]2(C)C(=CC[C@H]3[C@@H]4CC[C@H](C(=O)CCCc5ccc6ccc7cccc8ccc5c6c78)[C@@]4(C)CC[C@@H]32)C1.C[C@H]1CC[C@@]2(C)C(=CC[C@H]3[C@@H]4CC[C@H](C(=O)/C=C/Cc5ccc6ccc7cccc8ccc5c6c78)[C@@]4(C)CC[C@@H]32)C1. The van der Waals surface area contributed by atoms with Crippen LogP contribution in [0, 0.1) is 74.9 Å². The van der Waals surface area contributed by atoms with Crippen LogP contribution in [0.25, 0.3) is 64.6 Å². The Morgan fingerprint density at radius 1 is 0.518 bits per heavy atom. The fourth-order valence-corrected chi connectivity index (χ4v) is 21.8. The van der Waals surface area contributed by atoms with Gasteiger partial charge in [0.2, 0.25) is 0 Å². The van der Waals surface area contributed by atoms with Gasteiger partial charge in [-0.15, -0.1) is 0 Å². The summed E-state index contributed by atoms with van der Waals surface area (Å²) in [7, 11) is 0. The Balaban J connectivity index is 0.000000144. The topological polar surface area (TPSA) is 60.4 Å². The lowest BCUT2D eigenvalue weighted by Crippen LogP contribution is -2.51. The molecular weight excluding hydrogens is 1040 g/mol. The second-order valence-electron chi connectivity index (χ2n) is 30.2. The second kappa shape index (κ2) is 21.0. The first kappa shape index (κ1) is 55.4. The van der Waals surface area contributed by atoms with Crippen LogP contribution < -0.4 is 0 Å². The maximum Gasteiger partial charge on any atom is 0.302 e. The molecule has 0 bridgehead atoms. The van der Waals surface area contributed by atoms with Gasteiger partial charge in [-0.05, 0) is 260 Å². The third kappa shape index (κ3) is 8.94. The number of ether oxygens (including phenoxy) is 1. The molecule has 6 fully saturated rings. The van der Waals surface area contributed by atoms with Gasteiger partial charge in [-0.2, -0.15) is 0 Å². The molecule has 8 aliphatic carbocycles. The minimum absolute atomic E-state index is 0.0482. The molecule has 0 spiro atoms. The van der Waals surface area contributed by atoms with Gasteiger partial charge >= 0.3 is 5.97 Å². The van der Waals surface area contributed by atoms with Gasteiger partial charge in [0.15, 0.2) is 5.78 Å². The number of Topliss-reactive ketones (excluding diaryl/α,β-unsaturated/α-hetero) is 1. The summed E-state index contributed by atoms with van der Waals surface area (Å²) < 4.78 is 5.64. The summed E-state index contributed by atoms with van der Waals surface area (Å²) in [5, 5.41) is 16.0. The van der Waals surface area contributed by atoms with Crippen LogP contribution in [0.3, 0.4) is 0 Å². The van der Waals surface area contributed by atoms with Crippen molar-refractivity contribution in [1.29, 1.82) is 0 Å². The molecule has 0 heterocycles. The molecule has 4 nitrogen and oxygen atoms in total. The Morgan fingerprint density at radius 3 is 1.60 bits per heavy atom. The summed E-state index contributed by atoms with van der Waals surface area (Å²) in [5.74, 6) is 6.33. The third-order valence-electron chi connectivity index (χ3n) is 26.2. The van der Waals surface area contributed by atoms with Gasteiger partial charge in [0, 0.05) is 31.6 Å². The summed E-state index contributed by atoms with van der Waals surface area (Å²) in [6.07, 6.45) is 31.8. The van der Waals surface area contributed by atoms with E-state index in [9.17, 15) is 14.4 Å². The summed E-state index contributed by atoms with van der Waals surface area (Å²) in [4.78, 5) is 39.4. The van der Waals surface area contributed by atoms with Gasteiger partial charge in [-0.3, -0.25) is 14.4 Å². The number of benzene rings is 8. The molecule has 85 heavy (non-hydrogen) atoms. The summed E-state index contributed by atoms with van der Waals surface area (Å²) in [5.41, 5.74) is 6.96. The average Bonchev–Trinajstić information content (AvgIpc) is 1.88. The number of hydrogen-bond acceptors (Lipinski definition) is 4. The van der Waals surface area contributed by atoms with Crippen molar-refractivity contribution in [2.75, 3.05) is 0 Å². The van der Waals surface area contributed by atoms with E-state index in [-0.39, 0.29) is 40.2 Å². The molecule has 0 N–H and O–H groups in total. The highest BCUT2D eigenvalue weighted by molar-refractivity contribution is 6.24. The number of allylic oxidation sites excluding steroid dienone is 5. The van der Waals surface area contributed by atoms with Gasteiger partial charge in [-0.25, -0.2) is 0 Å². The van der Waals surface area contributed by atoms with Gasteiger partial charge in [0.05, 0.1) is 0 Å². The summed E-state index contributed by atoms with van der Waals surface area (Å²) >= 11 is 0. The van der Waals surface area contributed by atoms with E-state index in [2.05, 4.69) is 162 Å². The lowest BCUT2D eigenvalue weighted by atomic mass is 9.47. The molecule has 0 unspecified atom stereocenters. The fraction of sp³-hybridized carbons (Fsp3) is 0.494. The molecule has 16 rings (SSSR count). The Hall–Kier alpha value is -6.13. The average molecular weight is 1130 g/mol. The van der Waals surface area contributed by atoms with Crippen LogP contribution in [-0.4, -0.2) is 23.6 Å². The maximum absolute atomic E-state index is 14.0. The molecule has 8 aromatic carbocycles. The van der Waals surface area contributed by atoms with E-state index in [1.807, 2.05) is 6.08 Å². The van der Waals surface area contributed by atoms with Crippen LogP contribution in [0.5, 0.6) is 0 Å². The van der Waals surface area contributed by atoms with Gasteiger partial charge in [0.25, 0.3) is 0 Å². The van der Waals surface area contributed by atoms with Crippen molar-refractivity contribution in [1.82, 2.24) is 0 Å². The third-order valence-corrected chi connectivity index (χ3v) is 26.2. The molecule has 0 aromatic heterocycles. The molecule has 4 heteroatoms. The highest BCUT2D eigenvalue weighted by atomic mass is 16.5. The molecule has 0 amide bonds. The van der Waals surface area contributed by atoms with Crippen LogP contribution in [-0.2, 0) is 32.0 Å². The Labute approximate surface area is 505 Å². The monoisotopic (exact) mass is 1130 g/mol. The van der Waals surface area contributed by atoms with Crippen LogP contribution in [0.2, 0.25) is 0 Å². The zero-order chi connectivity index (χ0) is 58.1. The lowest BCUT2D eigenvalue weighted by Gasteiger charge is -2.58. The quantitative estimate of drug-likeness (QED) is 0.0593. The lowest BCUT2D eigenvalue weighted by molar-refractivity contribution is -0.149. The summed E-state index contributed by atoms with van der Waals surface area (Å²) in [6.45, 7) is 14.0. The molecule has 438 valence electrons. The highest BCUT2D eigenvalue weighted by Crippen LogP contribution is 2.68. The molecule has 8 aliphatic rings. The Morgan fingerprint density at radius 2 is 1.01 bits per heavy atom. The first-order valence-electron chi connectivity index (χ1n) is 33.7. The number of rotatable bonds is 10. The van der Waals surface area contributed by atoms with Crippen LogP contribution in [0.15, 0.2) is 145 Å². The van der Waals surface area contributed by atoms with Crippen molar-refractivity contribution in [3.8, 4) is 0 Å². The maximum atomic E-state index is 14.0. The number of esters is 1. The van der Waals surface area contributed by atoms with Crippen LogP contribution in [0.1, 0.15) is 168 Å². The van der Waals surface area contributed by atoms with Crippen molar-refractivity contribution in [3.05, 3.63) is 156 Å². The molecular formula is C81H90O4. The second-order valence-corrected chi connectivity index (χ2v) is 30.2. The zero-order valence-electron chi connectivity index (χ0n) is 51.8. The first-order chi connectivity index (χ1) is 41.1. The van der Waals surface area contributed by atoms with E-state index in [4.69, 9.17) is 4.74 Å². The first-order valence-corrected chi connectivity index (χ1v) is 33.7. The molecule has 0 saturated heterocycles. The number of ketones is 2. The standard InChI is InChI=1S/C41H46O3.C40H44O/c1-25(42)44-31-20-22-40(2)30(24-31)15-17-33-34-18-19-36(41(34,3)23-21-35(33)40)37(43)9-5-6-26-10-11-29-13-12-27-7-4-8-28-14-16-32(26)39(29)38(27)28;1-25-20-22-39(2)30(24-25)15-17-32-33-18-19-35(40(33,3)23-21-34(32)39)36(41)9-5-6-26-10-11-29-13-12-27-7-4-8-28-14-16-31(26)38(29)37(27)28/h4,7-8,10-16,31,33-36H,5-6,9,17-24H2,1-3H3;4-5,7-16,25,32-35H,6,17-24H2,1-3H3/b;9-5+/t31-,33-,34-,35-,36+,40-,41-;25-,32-,33-,34-,35+,39-,40-/m00/s1. The van der Waals surface area contributed by atoms with E-state index in [1.54, 1.807) is 5.57 Å². The van der Waals surface area contributed by atoms with Crippen LogP contribution in [0.4, 0.5) is 0 Å². The number of aryl methyl sites for hydroxylation is 1. The number of carbonyl (C=O) groups excluding carboxylic acids is 3. The Bertz CT molecular complexity index is 4010. The van der Waals surface area contributed by atoms with Crippen molar-refractivity contribution >= 4 is 82.2 Å². The van der Waals surface area contributed by atoms with Crippen molar-refractivity contribution in [3.63, 3.8) is 0 Å². The van der Waals surface area contributed by atoms with E-state index < -0.39 is 0 Å². The highest BCUT2D eigenvalue weighted by Gasteiger charge is 2.61. The minimum Gasteiger partial charge on any atom is -0.462 e. The fourth-order valence-electron chi connectivity index (χ4n) is 21.8. The molecule has 0 aliphatic heterocycles. The van der Waals surface area contributed by atoms with E-state index in [1.165, 1.54) is 152 Å². The molecule has 0 radical (unpaired) electrons. The summed E-state index contributed by atoms with van der Waals surface area (Å²) in [6, 6.07) is 40.4. The smallest absolute Gasteiger partial charge is 0.302 e. The van der Waals surface area contributed by atoms with Crippen molar-refractivity contribution < 1.29 is 19.1 Å². The molecule has 6 saturated carbocycles. The van der Waals surface area contributed by atoms with E-state index in [0.717, 1.165) is 75.5 Å². The van der Waals surface area contributed by atoms with Crippen molar-refractivity contribution in [2.24, 2.45) is 74.9 Å². The van der Waals surface area contributed by atoms with Gasteiger partial charge in [0.1, 0.15) is 11.9 Å². The normalized spacial score (nSPS) is 34.1. The predicted molar refractivity (Wildman–Crippen MR) is 351 cm³/mol. The van der Waals surface area contributed by atoms with E-state index >= 15 is 0 Å². The van der Waals surface area contributed by atoms with Gasteiger partial charge in [-0.1, -0.05) is 173 Å². The van der Waals surface area contributed by atoms with E-state index in [0.29, 0.717) is 47.1 Å². The number of fused-ring (bicyclic) bond motifs is 10. The molecule has 8 aromatic rings. The van der Waals surface area contributed by atoms with Crippen LogP contribution >= 0.6 is 0 Å². The van der Waals surface area contributed by atoms with Gasteiger partial charge < -0.3 is 4.74 Å². The largest absolute Gasteiger partial charge is 0.462 e. The predicted octanol–water partition coefficient (Wildman–Crippen LogP) is 20.5. The number of carbonyl (C=O) groups is 3. The number of hydrogen-bond donors (Lipinski definition) is 0. The zero-order valence-corrected chi connectivity index (χ0v) is 51.8. The Kier molecular flexibility index (Phi) is 13.7.